The minimum Gasteiger partial charge on any atom is -0.357 e. The van der Waals surface area contributed by atoms with E-state index in [9.17, 15) is 4.79 Å². The van der Waals surface area contributed by atoms with E-state index in [1.807, 2.05) is 11.0 Å². The maximum atomic E-state index is 12.4. The molecule has 0 aliphatic carbocycles. The Bertz CT molecular complexity index is 692. The molecule has 2 aliphatic rings. The molecule has 0 bridgehead atoms. The topological polar surface area (TPSA) is 60.0 Å². The number of carbonyl (C=O) groups is 1. The molecule has 3 rings (SSSR count). The number of hydrogen-bond donors (Lipinski definition) is 2. The van der Waals surface area contributed by atoms with Gasteiger partial charge in [-0.3, -0.25) is 9.79 Å². The van der Waals surface area contributed by atoms with Gasteiger partial charge in [-0.05, 0) is 57.2 Å². The third-order valence-corrected chi connectivity index (χ3v) is 6.34. The van der Waals surface area contributed by atoms with Crippen molar-refractivity contribution in [2.24, 2.45) is 16.8 Å². The Morgan fingerprint density at radius 2 is 2.00 bits per heavy atom. The molecule has 2 saturated heterocycles. The van der Waals surface area contributed by atoms with Crippen LogP contribution < -0.4 is 10.6 Å². The van der Waals surface area contributed by atoms with Crippen LogP contribution in [0.5, 0.6) is 0 Å². The van der Waals surface area contributed by atoms with E-state index in [2.05, 4.69) is 53.6 Å². The number of guanidine groups is 1. The summed E-state index contributed by atoms with van der Waals surface area (Å²) < 4.78 is 0. The lowest BCUT2D eigenvalue weighted by Gasteiger charge is -2.30. The Morgan fingerprint density at radius 1 is 1.16 bits per heavy atom. The molecule has 2 atom stereocenters. The van der Waals surface area contributed by atoms with Crippen LogP contribution in [-0.4, -0.2) is 74.0 Å². The van der Waals surface area contributed by atoms with Crippen LogP contribution in [0.3, 0.4) is 0 Å². The Kier molecular flexibility index (Phi) is 9.66. The molecule has 1 amide bonds. The summed E-state index contributed by atoms with van der Waals surface area (Å²) in [6.45, 7) is 12.2. The number of hydrogen-bond acceptors (Lipinski definition) is 3. The van der Waals surface area contributed by atoms with Gasteiger partial charge >= 0.3 is 0 Å². The molecule has 2 unspecified atom stereocenters. The first-order chi connectivity index (χ1) is 15.1. The van der Waals surface area contributed by atoms with Crippen LogP contribution in [0.25, 0.3) is 0 Å². The highest BCUT2D eigenvalue weighted by Gasteiger charge is 2.29. The van der Waals surface area contributed by atoms with Crippen molar-refractivity contribution in [3.63, 3.8) is 0 Å². The van der Waals surface area contributed by atoms with E-state index in [4.69, 9.17) is 4.99 Å². The molecular formula is C25H41N5O. The van der Waals surface area contributed by atoms with Crippen molar-refractivity contribution in [3.8, 4) is 0 Å². The summed E-state index contributed by atoms with van der Waals surface area (Å²) in [6, 6.07) is 10.4. The summed E-state index contributed by atoms with van der Waals surface area (Å²) in [7, 11) is 0. The largest absolute Gasteiger partial charge is 0.357 e. The van der Waals surface area contributed by atoms with Crippen LogP contribution >= 0.6 is 0 Å². The molecule has 31 heavy (non-hydrogen) atoms. The van der Waals surface area contributed by atoms with Crippen molar-refractivity contribution in [1.29, 1.82) is 0 Å². The highest BCUT2D eigenvalue weighted by molar-refractivity contribution is 5.80. The molecule has 1 aromatic rings. The molecule has 6 heteroatoms. The highest BCUT2D eigenvalue weighted by atomic mass is 16.2. The van der Waals surface area contributed by atoms with Gasteiger partial charge in [0.15, 0.2) is 5.96 Å². The van der Waals surface area contributed by atoms with Crippen molar-refractivity contribution < 1.29 is 4.79 Å². The molecule has 2 heterocycles. The molecule has 1 aromatic carbocycles. The highest BCUT2D eigenvalue weighted by Crippen LogP contribution is 2.19. The SMILES string of the molecule is CCNC(=NCC1CC(=O)N(CCc2ccccc2)C1)NCCCN1CCCC(C)C1. The lowest BCUT2D eigenvalue weighted by atomic mass is 10.0. The molecule has 2 N–H and O–H groups in total. The predicted molar refractivity (Wildman–Crippen MR) is 128 cm³/mol. The average molecular weight is 428 g/mol. The normalized spacial score (nSPS) is 22.7. The fourth-order valence-electron chi connectivity index (χ4n) is 4.66. The Hall–Kier alpha value is -2.08. The third-order valence-electron chi connectivity index (χ3n) is 6.34. The van der Waals surface area contributed by atoms with E-state index >= 15 is 0 Å². The van der Waals surface area contributed by atoms with E-state index < -0.39 is 0 Å². The van der Waals surface area contributed by atoms with Gasteiger partial charge in [0.2, 0.25) is 5.91 Å². The summed E-state index contributed by atoms with van der Waals surface area (Å²) in [5.74, 6) is 2.30. The molecule has 2 fully saturated rings. The molecule has 0 saturated carbocycles. The second-order valence-electron chi connectivity index (χ2n) is 9.19. The maximum Gasteiger partial charge on any atom is 0.223 e. The molecule has 6 nitrogen and oxygen atoms in total. The molecule has 0 aromatic heterocycles. The number of carbonyl (C=O) groups excluding carboxylic acids is 1. The second-order valence-corrected chi connectivity index (χ2v) is 9.19. The number of piperidine rings is 1. The molecule has 2 aliphatic heterocycles. The Balaban J connectivity index is 1.37. The van der Waals surface area contributed by atoms with Crippen LogP contribution in [0, 0.1) is 11.8 Å². The Labute approximate surface area is 188 Å². The number of nitrogens with zero attached hydrogens (tertiary/aromatic N) is 3. The van der Waals surface area contributed by atoms with Gasteiger partial charge in [0.05, 0.1) is 0 Å². The van der Waals surface area contributed by atoms with Gasteiger partial charge in [-0.1, -0.05) is 37.3 Å². The molecule has 172 valence electrons. The van der Waals surface area contributed by atoms with Gasteiger partial charge < -0.3 is 20.4 Å². The number of aliphatic imine (C=N–C) groups is 1. The van der Waals surface area contributed by atoms with Crippen LogP contribution in [-0.2, 0) is 11.2 Å². The lowest BCUT2D eigenvalue weighted by Crippen LogP contribution is -2.40. The minimum absolute atomic E-state index is 0.268. The predicted octanol–water partition coefficient (Wildman–Crippen LogP) is 2.75. The fourth-order valence-corrected chi connectivity index (χ4v) is 4.66. The first-order valence-electron chi connectivity index (χ1n) is 12.2. The van der Waals surface area contributed by atoms with Crippen molar-refractivity contribution in [3.05, 3.63) is 35.9 Å². The smallest absolute Gasteiger partial charge is 0.223 e. The van der Waals surface area contributed by atoms with Gasteiger partial charge in [-0.15, -0.1) is 0 Å². The van der Waals surface area contributed by atoms with Crippen LogP contribution in [0.4, 0.5) is 0 Å². The zero-order valence-electron chi connectivity index (χ0n) is 19.5. The van der Waals surface area contributed by atoms with Crippen LogP contribution in [0.1, 0.15) is 45.1 Å². The number of amides is 1. The third kappa shape index (κ3) is 8.17. The quantitative estimate of drug-likeness (QED) is 0.342. The number of likely N-dealkylation sites (tertiary alicyclic amines) is 2. The van der Waals surface area contributed by atoms with Gasteiger partial charge in [-0.2, -0.15) is 0 Å². The van der Waals surface area contributed by atoms with E-state index in [1.54, 1.807) is 0 Å². The second kappa shape index (κ2) is 12.7. The van der Waals surface area contributed by atoms with Crippen molar-refractivity contribution in [2.75, 3.05) is 52.4 Å². The molecule has 0 spiro atoms. The van der Waals surface area contributed by atoms with E-state index in [1.165, 1.54) is 31.5 Å². The summed E-state index contributed by atoms with van der Waals surface area (Å²) in [5, 5.41) is 6.83. The van der Waals surface area contributed by atoms with E-state index in [-0.39, 0.29) is 5.91 Å². The number of nitrogens with one attached hydrogen (secondary N) is 2. The van der Waals surface area contributed by atoms with Gasteiger partial charge in [-0.25, -0.2) is 0 Å². The molecule has 0 radical (unpaired) electrons. The fraction of sp³-hybridized carbons (Fsp3) is 0.680. The van der Waals surface area contributed by atoms with Crippen LogP contribution in [0.2, 0.25) is 0 Å². The van der Waals surface area contributed by atoms with Crippen molar-refractivity contribution >= 4 is 11.9 Å². The summed E-state index contributed by atoms with van der Waals surface area (Å²) in [6.07, 6.45) is 5.38. The van der Waals surface area contributed by atoms with Crippen LogP contribution in [0.15, 0.2) is 35.3 Å². The monoisotopic (exact) mass is 427 g/mol. The Morgan fingerprint density at radius 3 is 2.77 bits per heavy atom. The molecular weight excluding hydrogens is 386 g/mol. The first-order valence-corrected chi connectivity index (χ1v) is 12.2. The minimum atomic E-state index is 0.268. The standard InChI is InChI=1S/C25H41N5O/c1-3-26-25(27-13-8-15-29-14-7-9-21(2)19-29)28-18-23-17-24(31)30(20-23)16-12-22-10-5-4-6-11-22/h4-6,10-11,21,23H,3,7-9,12-20H2,1-2H3,(H2,26,27,28). The maximum absolute atomic E-state index is 12.4. The van der Waals surface area contributed by atoms with E-state index in [0.717, 1.165) is 57.4 Å². The van der Waals surface area contributed by atoms with Crippen molar-refractivity contribution in [2.45, 2.75) is 46.0 Å². The first kappa shape index (κ1) is 23.6. The number of benzene rings is 1. The van der Waals surface area contributed by atoms with Crippen molar-refractivity contribution in [1.82, 2.24) is 20.4 Å². The van der Waals surface area contributed by atoms with E-state index in [0.29, 0.717) is 18.9 Å². The average Bonchev–Trinajstić information content (AvgIpc) is 3.13. The summed E-state index contributed by atoms with van der Waals surface area (Å²) >= 11 is 0. The van der Waals surface area contributed by atoms with Gasteiger partial charge in [0.1, 0.15) is 0 Å². The lowest BCUT2D eigenvalue weighted by molar-refractivity contribution is -0.127. The number of rotatable bonds is 10. The van der Waals surface area contributed by atoms with Gasteiger partial charge in [0.25, 0.3) is 0 Å². The zero-order valence-corrected chi connectivity index (χ0v) is 19.5. The summed E-state index contributed by atoms with van der Waals surface area (Å²) in [4.78, 5) is 21.8. The summed E-state index contributed by atoms with van der Waals surface area (Å²) in [5.41, 5.74) is 1.29. The zero-order chi connectivity index (χ0) is 21.9. The van der Waals surface area contributed by atoms with Gasteiger partial charge in [0, 0.05) is 51.6 Å².